The number of hydrogen-bond acceptors (Lipinski definition) is 3. The van der Waals surface area contributed by atoms with Gasteiger partial charge >= 0.3 is 0 Å². The summed E-state index contributed by atoms with van der Waals surface area (Å²) in [6, 6.07) is 0. The molecule has 0 saturated heterocycles. The maximum atomic E-state index is 11.9. The van der Waals surface area contributed by atoms with Crippen molar-refractivity contribution in [2.45, 2.75) is 58.8 Å². The molecule has 3 nitrogen and oxygen atoms in total. The first kappa shape index (κ1) is 11.9. The summed E-state index contributed by atoms with van der Waals surface area (Å²) in [5, 5.41) is 3.98. The highest BCUT2D eigenvalue weighted by Crippen LogP contribution is 2.64. The van der Waals surface area contributed by atoms with Gasteiger partial charge in [-0.25, -0.2) is 0 Å². The highest BCUT2D eigenvalue weighted by Gasteiger charge is 2.61. The summed E-state index contributed by atoms with van der Waals surface area (Å²) in [5.74, 6) is 1.43. The van der Waals surface area contributed by atoms with Crippen molar-refractivity contribution in [2.24, 2.45) is 10.8 Å². The second-order valence-corrected chi connectivity index (χ2v) is 7.09. The van der Waals surface area contributed by atoms with Gasteiger partial charge in [0.1, 0.15) is 11.5 Å². The van der Waals surface area contributed by atoms with Gasteiger partial charge in [-0.1, -0.05) is 32.9 Å². The summed E-state index contributed by atoms with van der Waals surface area (Å²) in [6.07, 6.45) is 5.10. The third-order valence-corrected chi connectivity index (χ3v) is 6.00. The monoisotopic (exact) mass is 247 g/mol. The molecule has 1 aromatic heterocycles. The number of nitrogens with zero attached hydrogens (tertiary/aromatic N) is 1. The van der Waals surface area contributed by atoms with E-state index >= 15 is 0 Å². The molecule has 98 valence electrons. The Morgan fingerprint density at radius 3 is 2.67 bits per heavy atom. The molecule has 1 heterocycles. The van der Waals surface area contributed by atoms with Crippen LogP contribution < -0.4 is 0 Å². The summed E-state index contributed by atoms with van der Waals surface area (Å²) in [4.78, 5) is 11.9. The first-order valence-corrected chi connectivity index (χ1v) is 6.76. The average Bonchev–Trinajstić information content (AvgIpc) is 2.71. The van der Waals surface area contributed by atoms with E-state index in [1.165, 1.54) is 5.56 Å². The van der Waals surface area contributed by atoms with Crippen molar-refractivity contribution in [2.75, 3.05) is 0 Å². The van der Waals surface area contributed by atoms with Crippen LogP contribution in [0.1, 0.15) is 58.3 Å². The summed E-state index contributed by atoms with van der Waals surface area (Å²) in [5.41, 5.74) is 1.26. The Morgan fingerprint density at radius 2 is 1.94 bits per heavy atom. The second-order valence-electron chi connectivity index (χ2n) is 7.09. The molecule has 0 spiro atoms. The highest BCUT2D eigenvalue weighted by atomic mass is 16.5. The Morgan fingerprint density at radius 1 is 1.22 bits per heavy atom. The molecular formula is C15H21NO2. The van der Waals surface area contributed by atoms with Crippen molar-refractivity contribution >= 4 is 5.78 Å². The normalized spacial score (nSPS) is 38.1. The molecule has 0 radical (unpaired) electrons. The van der Waals surface area contributed by atoms with Gasteiger partial charge in [-0.15, -0.1) is 0 Å². The maximum absolute atomic E-state index is 11.9. The van der Waals surface area contributed by atoms with Crippen LogP contribution in [0.5, 0.6) is 0 Å². The molecule has 1 fully saturated rings. The molecule has 3 rings (SSSR count). The molecule has 1 aromatic rings. The quantitative estimate of drug-likeness (QED) is 0.706. The lowest BCUT2D eigenvalue weighted by atomic mass is 9.43. The van der Waals surface area contributed by atoms with E-state index in [4.69, 9.17) is 4.52 Å². The molecule has 2 atom stereocenters. The van der Waals surface area contributed by atoms with E-state index in [-0.39, 0.29) is 16.2 Å². The predicted octanol–water partition coefficient (Wildman–Crippen LogP) is 3.27. The van der Waals surface area contributed by atoms with Gasteiger partial charge in [0.25, 0.3) is 0 Å². The third-order valence-electron chi connectivity index (χ3n) is 6.00. The van der Waals surface area contributed by atoms with Crippen molar-refractivity contribution in [3.8, 4) is 0 Å². The van der Waals surface area contributed by atoms with Crippen molar-refractivity contribution in [1.82, 2.24) is 5.16 Å². The third kappa shape index (κ3) is 1.20. The topological polar surface area (TPSA) is 43.1 Å². The fraction of sp³-hybridized carbons (Fsp3) is 0.733. The Hall–Kier alpha value is -1.12. The number of aromatic nitrogens is 1. The van der Waals surface area contributed by atoms with Crippen LogP contribution in [0.25, 0.3) is 0 Å². The van der Waals surface area contributed by atoms with Crippen LogP contribution in [0, 0.1) is 10.8 Å². The number of hydrogen-bond donors (Lipinski definition) is 0. The Balaban J connectivity index is 2.20. The molecule has 0 unspecified atom stereocenters. The summed E-state index contributed by atoms with van der Waals surface area (Å²) >= 11 is 0. The molecule has 18 heavy (non-hydrogen) atoms. The predicted molar refractivity (Wildman–Crippen MR) is 68.3 cm³/mol. The van der Waals surface area contributed by atoms with Gasteiger partial charge in [0, 0.05) is 23.8 Å². The molecule has 0 bridgehead atoms. The number of carbonyl (C=O) groups excluding carboxylic acids is 1. The summed E-state index contributed by atoms with van der Waals surface area (Å²) in [7, 11) is 0. The minimum atomic E-state index is -0.0630. The zero-order valence-corrected chi connectivity index (χ0v) is 11.7. The van der Waals surface area contributed by atoms with E-state index in [1.54, 1.807) is 0 Å². The smallest absolute Gasteiger partial charge is 0.146 e. The van der Waals surface area contributed by atoms with Crippen molar-refractivity contribution < 1.29 is 9.32 Å². The molecular weight excluding hydrogens is 226 g/mol. The highest BCUT2D eigenvalue weighted by molar-refractivity contribution is 5.80. The van der Waals surface area contributed by atoms with E-state index in [1.807, 2.05) is 6.20 Å². The van der Waals surface area contributed by atoms with Crippen LogP contribution in [0.2, 0.25) is 0 Å². The van der Waals surface area contributed by atoms with Gasteiger partial charge in [-0.3, -0.25) is 4.79 Å². The zero-order chi connectivity index (χ0) is 13.2. The van der Waals surface area contributed by atoms with Crippen molar-refractivity contribution in [3.05, 3.63) is 17.5 Å². The number of rotatable bonds is 0. The second kappa shape index (κ2) is 3.25. The molecule has 1 saturated carbocycles. The number of ketones is 1. The standard InChI is InChI=1S/C15H21NO2/c1-13(2)12-10(9-16-18-12)7-14(3)8-11(17)5-6-15(13,14)4/h9H,5-8H2,1-4H3/t14-,15+/m0/s1. The van der Waals surface area contributed by atoms with Gasteiger partial charge in [0.2, 0.25) is 0 Å². The number of Topliss-reactive ketones (excluding diaryl/α,β-unsaturated/α-hetero) is 1. The fourth-order valence-electron chi connectivity index (χ4n) is 4.31. The van der Waals surface area contributed by atoms with E-state index < -0.39 is 0 Å². The average molecular weight is 247 g/mol. The summed E-state index contributed by atoms with van der Waals surface area (Å²) < 4.78 is 5.52. The minimum absolute atomic E-state index is 0.0321. The molecule has 2 aliphatic carbocycles. The van der Waals surface area contributed by atoms with Crippen LogP contribution in [0.15, 0.2) is 10.7 Å². The lowest BCUT2D eigenvalue weighted by Crippen LogP contribution is -2.57. The fourth-order valence-corrected chi connectivity index (χ4v) is 4.31. The molecule has 0 amide bonds. The Labute approximate surface area is 108 Å². The van der Waals surface area contributed by atoms with Crippen LogP contribution >= 0.6 is 0 Å². The molecule has 0 aliphatic heterocycles. The van der Waals surface area contributed by atoms with Crippen LogP contribution in [-0.4, -0.2) is 10.9 Å². The van der Waals surface area contributed by atoms with Crippen LogP contribution in [-0.2, 0) is 16.6 Å². The lowest BCUT2D eigenvalue weighted by molar-refractivity contribution is -0.136. The van der Waals surface area contributed by atoms with Gasteiger partial charge < -0.3 is 4.52 Å². The van der Waals surface area contributed by atoms with Crippen molar-refractivity contribution in [3.63, 3.8) is 0 Å². The maximum Gasteiger partial charge on any atom is 0.146 e. The van der Waals surface area contributed by atoms with Gasteiger partial charge in [-0.05, 0) is 23.7 Å². The number of fused-ring (bicyclic) bond motifs is 2. The Bertz CT molecular complexity index is 516. The SMILES string of the molecule is CC1(C)c2oncc2C[C@@]2(C)CC(=O)CC[C@]12C. The van der Waals surface area contributed by atoms with Crippen LogP contribution in [0.4, 0.5) is 0 Å². The minimum Gasteiger partial charge on any atom is -0.361 e. The molecule has 0 N–H and O–H groups in total. The van der Waals surface area contributed by atoms with Gasteiger partial charge in [-0.2, -0.15) is 0 Å². The van der Waals surface area contributed by atoms with E-state index in [2.05, 4.69) is 32.9 Å². The summed E-state index contributed by atoms with van der Waals surface area (Å²) in [6.45, 7) is 9.07. The van der Waals surface area contributed by atoms with Gasteiger partial charge in [0.05, 0.1) is 6.20 Å². The zero-order valence-electron chi connectivity index (χ0n) is 11.7. The lowest BCUT2D eigenvalue weighted by Gasteiger charge is -2.59. The number of carbonyl (C=O) groups is 1. The van der Waals surface area contributed by atoms with E-state index in [0.717, 1.165) is 18.6 Å². The van der Waals surface area contributed by atoms with E-state index in [9.17, 15) is 4.79 Å². The van der Waals surface area contributed by atoms with Crippen LogP contribution in [0.3, 0.4) is 0 Å². The first-order chi connectivity index (χ1) is 8.30. The van der Waals surface area contributed by atoms with E-state index in [0.29, 0.717) is 18.6 Å². The molecule has 0 aromatic carbocycles. The molecule has 2 aliphatic rings. The first-order valence-electron chi connectivity index (χ1n) is 6.76. The molecule has 3 heteroatoms. The Kier molecular flexibility index (Phi) is 2.16. The largest absolute Gasteiger partial charge is 0.361 e. The van der Waals surface area contributed by atoms with Gasteiger partial charge in [0.15, 0.2) is 0 Å². The van der Waals surface area contributed by atoms with Crippen molar-refractivity contribution in [1.29, 1.82) is 0 Å².